The van der Waals surface area contributed by atoms with Crippen molar-refractivity contribution in [2.75, 3.05) is 25.1 Å². The van der Waals surface area contributed by atoms with E-state index in [1.54, 1.807) is 37.4 Å². The standard InChI is InChI=1S/C27H29ClN4O4/c1-17(33)32(16-19-3-4-19)24-8-6-20(14-22(24)27(35)36-2)23-7-5-21(15-31-23)26(34)30-12-10-18-9-11-29-25(28)13-18/h5-9,11,13-15,17,19,33H,3-4,10,12,16H2,1-2H3,(H,30,34). The average Bonchev–Trinajstić information content (AvgIpc) is 3.71. The average molecular weight is 509 g/mol. The van der Waals surface area contributed by atoms with Crippen LogP contribution in [0.3, 0.4) is 0 Å². The third-order valence-electron chi connectivity index (χ3n) is 6.13. The first-order valence-corrected chi connectivity index (χ1v) is 12.3. The number of nitrogens with one attached hydrogen (secondary N) is 1. The van der Waals surface area contributed by atoms with Crippen LogP contribution in [0.15, 0.2) is 54.9 Å². The Labute approximate surface area is 215 Å². The highest BCUT2D eigenvalue weighted by atomic mass is 35.5. The van der Waals surface area contributed by atoms with Crippen LogP contribution in [0.5, 0.6) is 0 Å². The van der Waals surface area contributed by atoms with E-state index in [0.717, 1.165) is 18.4 Å². The molecule has 2 aromatic heterocycles. The SMILES string of the molecule is COC(=O)c1cc(-c2ccc(C(=O)NCCc3ccnc(Cl)c3)cn2)ccc1N(CC1CC1)C(C)O. The maximum Gasteiger partial charge on any atom is 0.339 e. The molecule has 3 aromatic rings. The summed E-state index contributed by atoms with van der Waals surface area (Å²) in [6.07, 6.45) is 5.27. The first-order chi connectivity index (χ1) is 17.4. The predicted octanol–water partition coefficient (Wildman–Crippen LogP) is 4.11. The molecule has 1 atom stereocenters. The summed E-state index contributed by atoms with van der Waals surface area (Å²) in [7, 11) is 1.33. The molecule has 1 saturated carbocycles. The van der Waals surface area contributed by atoms with Crippen LogP contribution in [0, 0.1) is 5.92 Å². The lowest BCUT2D eigenvalue weighted by Gasteiger charge is -2.29. The summed E-state index contributed by atoms with van der Waals surface area (Å²) < 4.78 is 5.01. The van der Waals surface area contributed by atoms with Crippen molar-refractivity contribution in [3.63, 3.8) is 0 Å². The molecule has 9 heteroatoms. The van der Waals surface area contributed by atoms with Crippen molar-refractivity contribution in [1.29, 1.82) is 0 Å². The van der Waals surface area contributed by atoms with Crippen LogP contribution in [-0.4, -0.2) is 53.4 Å². The molecule has 1 fully saturated rings. The first kappa shape index (κ1) is 25.6. The van der Waals surface area contributed by atoms with Gasteiger partial charge in [0.25, 0.3) is 5.91 Å². The van der Waals surface area contributed by atoms with Crippen molar-refractivity contribution >= 4 is 29.2 Å². The Morgan fingerprint density at radius 2 is 2.00 bits per heavy atom. The van der Waals surface area contributed by atoms with Crippen LogP contribution >= 0.6 is 11.6 Å². The van der Waals surface area contributed by atoms with Gasteiger partial charge in [-0.05, 0) is 74.1 Å². The van der Waals surface area contributed by atoms with Crippen LogP contribution in [0.2, 0.25) is 5.15 Å². The Morgan fingerprint density at radius 3 is 2.64 bits per heavy atom. The summed E-state index contributed by atoms with van der Waals surface area (Å²) in [5.41, 5.74) is 3.72. The number of methoxy groups -OCH3 is 1. The lowest BCUT2D eigenvalue weighted by Crippen LogP contribution is -2.35. The van der Waals surface area contributed by atoms with E-state index in [0.29, 0.717) is 58.7 Å². The van der Waals surface area contributed by atoms with Crippen molar-refractivity contribution in [2.45, 2.75) is 32.4 Å². The number of pyridine rings is 2. The van der Waals surface area contributed by atoms with Gasteiger partial charge in [-0.3, -0.25) is 9.78 Å². The van der Waals surface area contributed by atoms with Gasteiger partial charge in [-0.25, -0.2) is 9.78 Å². The highest BCUT2D eigenvalue weighted by molar-refractivity contribution is 6.29. The van der Waals surface area contributed by atoms with Gasteiger partial charge in [0.2, 0.25) is 0 Å². The normalized spacial score (nSPS) is 13.7. The number of aromatic nitrogens is 2. The Morgan fingerprint density at radius 1 is 1.19 bits per heavy atom. The lowest BCUT2D eigenvalue weighted by molar-refractivity contribution is 0.0600. The fraction of sp³-hybridized carbons (Fsp3) is 0.333. The molecule has 1 amide bonds. The number of nitrogens with zero attached hydrogens (tertiary/aromatic N) is 3. The highest BCUT2D eigenvalue weighted by Crippen LogP contribution is 2.34. The maximum absolute atomic E-state index is 12.6. The zero-order valence-electron chi connectivity index (χ0n) is 20.3. The molecule has 188 valence electrons. The summed E-state index contributed by atoms with van der Waals surface area (Å²) in [6, 6.07) is 12.4. The van der Waals surface area contributed by atoms with E-state index in [4.69, 9.17) is 16.3 Å². The largest absolute Gasteiger partial charge is 0.465 e. The predicted molar refractivity (Wildman–Crippen MR) is 138 cm³/mol. The summed E-state index contributed by atoms with van der Waals surface area (Å²) in [6.45, 7) is 2.82. The third kappa shape index (κ3) is 6.38. The Balaban J connectivity index is 1.47. The number of hydrogen-bond acceptors (Lipinski definition) is 7. The Kier molecular flexibility index (Phi) is 8.18. The molecule has 1 aliphatic carbocycles. The molecule has 0 aliphatic heterocycles. The van der Waals surface area contributed by atoms with Crippen molar-refractivity contribution in [3.8, 4) is 11.3 Å². The molecule has 36 heavy (non-hydrogen) atoms. The van der Waals surface area contributed by atoms with Gasteiger partial charge in [0.1, 0.15) is 11.4 Å². The van der Waals surface area contributed by atoms with Gasteiger partial charge in [-0.2, -0.15) is 0 Å². The molecule has 2 heterocycles. The second-order valence-electron chi connectivity index (χ2n) is 8.88. The van der Waals surface area contributed by atoms with Crippen LogP contribution < -0.4 is 10.2 Å². The minimum atomic E-state index is -0.744. The van der Waals surface area contributed by atoms with Crippen molar-refractivity contribution in [2.24, 2.45) is 5.92 Å². The number of carbonyl (C=O) groups is 2. The number of amides is 1. The number of anilines is 1. The molecule has 8 nitrogen and oxygen atoms in total. The summed E-state index contributed by atoms with van der Waals surface area (Å²) >= 11 is 5.90. The molecule has 0 saturated heterocycles. The monoisotopic (exact) mass is 508 g/mol. The quantitative estimate of drug-likeness (QED) is 0.241. The van der Waals surface area contributed by atoms with Gasteiger partial charge >= 0.3 is 5.97 Å². The van der Waals surface area contributed by atoms with Gasteiger partial charge in [0.15, 0.2) is 0 Å². The number of esters is 1. The van der Waals surface area contributed by atoms with Crippen molar-refractivity contribution < 1.29 is 19.4 Å². The smallest absolute Gasteiger partial charge is 0.339 e. The molecule has 0 spiro atoms. The van der Waals surface area contributed by atoms with E-state index in [1.807, 2.05) is 23.1 Å². The number of ether oxygens (including phenoxy) is 1. The van der Waals surface area contributed by atoms with Gasteiger partial charge in [-0.1, -0.05) is 17.7 Å². The molecular formula is C27H29ClN4O4. The molecular weight excluding hydrogens is 480 g/mol. The topological polar surface area (TPSA) is 105 Å². The molecule has 1 aromatic carbocycles. The summed E-state index contributed by atoms with van der Waals surface area (Å²) in [4.78, 5) is 35.3. The van der Waals surface area contributed by atoms with Gasteiger partial charge in [0, 0.05) is 31.0 Å². The number of benzene rings is 1. The van der Waals surface area contributed by atoms with E-state index < -0.39 is 12.2 Å². The van der Waals surface area contributed by atoms with E-state index >= 15 is 0 Å². The zero-order chi connectivity index (χ0) is 25.7. The molecule has 1 aliphatic rings. The van der Waals surface area contributed by atoms with Gasteiger partial charge in [-0.15, -0.1) is 0 Å². The minimum Gasteiger partial charge on any atom is -0.465 e. The molecule has 0 bridgehead atoms. The summed E-state index contributed by atoms with van der Waals surface area (Å²) in [5.74, 6) is -0.195. The fourth-order valence-electron chi connectivity index (χ4n) is 3.97. The van der Waals surface area contributed by atoms with E-state index in [2.05, 4.69) is 15.3 Å². The Bertz CT molecular complexity index is 1230. The zero-order valence-corrected chi connectivity index (χ0v) is 21.0. The van der Waals surface area contributed by atoms with Crippen LogP contribution in [0.4, 0.5) is 5.69 Å². The number of carbonyl (C=O) groups excluding carboxylic acids is 2. The fourth-order valence-corrected chi connectivity index (χ4v) is 4.17. The summed E-state index contributed by atoms with van der Waals surface area (Å²) in [5, 5.41) is 13.6. The van der Waals surface area contributed by atoms with Crippen LogP contribution in [0.25, 0.3) is 11.3 Å². The number of aliphatic hydroxyl groups is 1. The van der Waals surface area contributed by atoms with E-state index in [-0.39, 0.29) is 5.91 Å². The second kappa shape index (κ2) is 11.5. The number of hydrogen-bond donors (Lipinski definition) is 2. The lowest BCUT2D eigenvalue weighted by atomic mass is 10.0. The number of rotatable bonds is 10. The van der Waals surface area contributed by atoms with E-state index in [1.165, 1.54) is 13.3 Å². The minimum absolute atomic E-state index is 0.229. The van der Waals surface area contributed by atoms with Crippen molar-refractivity contribution in [1.82, 2.24) is 15.3 Å². The molecule has 2 N–H and O–H groups in total. The van der Waals surface area contributed by atoms with Gasteiger partial charge < -0.3 is 20.1 Å². The second-order valence-corrected chi connectivity index (χ2v) is 9.26. The number of aliphatic hydroxyl groups excluding tert-OH is 1. The van der Waals surface area contributed by atoms with Crippen LogP contribution in [-0.2, 0) is 11.2 Å². The molecule has 1 unspecified atom stereocenters. The van der Waals surface area contributed by atoms with Crippen molar-refractivity contribution in [3.05, 3.63) is 76.7 Å². The van der Waals surface area contributed by atoms with Gasteiger partial charge in [0.05, 0.1) is 29.6 Å². The molecule has 4 rings (SSSR count). The Hall–Kier alpha value is -3.49. The first-order valence-electron chi connectivity index (χ1n) is 11.9. The van der Waals surface area contributed by atoms with Crippen LogP contribution in [0.1, 0.15) is 46.0 Å². The third-order valence-corrected chi connectivity index (χ3v) is 6.33. The van der Waals surface area contributed by atoms with E-state index in [9.17, 15) is 14.7 Å². The maximum atomic E-state index is 12.6. The number of halogens is 1. The molecule has 0 radical (unpaired) electrons. The highest BCUT2D eigenvalue weighted by Gasteiger charge is 2.29.